The Balaban J connectivity index is 1.40. The molecule has 0 radical (unpaired) electrons. The number of aliphatic hydroxyl groups excluding tert-OH is 1. The van der Waals surface area contributed by atoms with Crippen molar-refractivity contribution < 1.29 is 19.0 Å². The molecule has 11 heteroatoms. The van der Waals surface area contributed by atoms with Crippen molar-refractivity contribution in [3.63, 3.8) is 0 Å². The minimum absolute atomic E-state index is 0.130. The summed E-state index contributed by atoms with van der Waals surface area (Å²) < 4.78 is 22.7. The number of fused-ring (bicyclic) bond motifs is 2. The number of rotatable bonds is 5. The van der Waals surface area contributed by atoms with E-state index in [1.165, 1.54) is 6.20 Å². The first-order chi connectivity index (χ1) is 17.0. The molecule has 3 N–H and O–H groups in total. The van der Waals surface area contributed by atoms with E-state index in [0.717, 1.165) is 17.0 Å². The first kappa shape index (κ1) is 21.9. The van der Waals surface area contributed by atoms with Crippen LogP contribution in [0.5, 0.6) is 0 Å². The zero-order chi connectivity index (χ0) is 24.1. The zero-order valence-corrected chi connectivity index (χ0v) is 19.2. The van der Waals surface area contributed by atoms with Gasteiger partial charge in [-0.25, -0.2) is 14.4 Å². The minimum atomic E-state index is -1.01. The van der Waals surface area contributed by atoms with Crippen molar-refractivity contribution in [1.82, 2.24) is 29.5 Å². The van der Waals surface area contributed by atoms with Gasteiger partial charge >= 0.3 is 0 Å². The Morgan fingerprint density at radius 1 is 1.26 bits per heavy atom. The highest BCUT2D eigenvalue weighted by atomic mass is 19.1. The third-order valence-electron chi connectivity index (χ3n) is 7.00. The SMILES string of the molecule is CNc1cc(-c2cnc3n(C4CCOC[C@@H]4O)cccc2-3)nc2c(C(=O)NC3CC[C@@H]3F)cnn12. The van der Waals surface area contributed by atoms with Gasteiger partial charge in [-0.1, -0.05) is 0 Å². The number of amides is 1. The highest BCUT2D eigenvalue weighted by Crippen LogP contribution is 2.37. The van der Waals surface area contributed by atoms with Gasteiger partial charge in [-0.3, -0.25) is 4.79 Å². The Kier molecular flexibility index (Phi) is 5.37. The van der Waals surface area contributed by atoms with Gasteiger partial charge in [0.1, 0.15) is 23.4 Å². The average Bonchev–Trinajstić information content (AvgIpc) is 3.50. The number of nitrogens with zero attached hydrogens (tertiary/aromatic N) is 5. The van der Waals surface area contributed by atoms with Gasteiger partial charge in [0.2, 0.25) is 0 Å². The predicted octanol–water partition coefficient (Wildman–Crippen LogP) is 2.29. The van der Waals surface area contributed by atoms with E-state index in [0.29, 0.717) is 49.6 Å². The molecule has 2 aromatic heterocycles. The Hall–Kier alpha value is -3.57. The van der Waals surface area contributed by atoms with Crippen LogP contribution >= 0.6 is 0 Å². The van der Waals surface area contributed by atoms with Gasteiger partial charge < -0.3 is 25.0 Å². The van der Waals surface area contributed by atoms with Gasteiger partial charge in [-0.05, 0) is 31.4 Å². The summed E-state index contributed by atoms with van der Waals surface area (Å²) in [5.41, 5.74) is 2.95. The maximum atomic E-state index is 13.7. The summed E-state index contributed by atoms with van der Waals surface area (Å²) in [6.45, 7) is 0.875. The quantitative estimate of drug-likeness (QED) is 0.402. The molecule has 1 aliphatic carbocycles. The van der Waals surface area contributed by atoms with Crippen LogP contribution in [0.25, 0.3) is 28.3 Å². The molecule has 10 nitrogen and oxygen atoms in total. The Bertz CT molecular complexity index is 1370. The summed E-state index contributed by atoms with van der Waals surface area (Å²) in [7, 11) is 1.77. The average molecular weight is 480 g/mol. The van der Waals surface area contributed by atoms with Gasteiger partial charge in [0.25, 0.3) is 5.91 Å². The maximum Gasteiger partial charge on any atom is 0.257 e. The molecule has 2 unspecified atom stereocenters. The molecule has 5 heterocycles. The fourth-order valence-corrected chi connectivity index (χ4v) is 4.87. The van der Waals surface area contributed by atoms with E-state index in [-0.39, 0.29) is 11.6 Å². The molecule has 4 atom stereocenters. The van der Waals surface area contributed by atoms with Crippen molar-refractivity contribution in [2.24, 2.45) is 0 Å². The first-order valence-corrected chi connectivity index (χ1v) is 11.8. The second-order valence-corrected chi connectivity index (χ2v) is 9.07. The zero-order valence-electron chi connectivity index (χ0n) is 19.2. The number of carbonyl (C=O) groups excluding carboxylic acids is 1. The number of alkyl halides is 1. The summed E-state index contributed by atoms with van der Waals surface area (Å²) in [5, 5.41) is 20.7. The molecule has 2 aromatic rings. The Morgan fingerprint density at radius 3 is 2.89 bits per heavy atom. The molecular formula is C24H26FN7O3. The van der Waals surface area contributed by atoms with Crippen LogP contribution in [0.3, 0.4) is 0 Å². The highest BCUT2D eigenvalue weighted by molar-refractivity contribution is 6.00. The summed E-state index contributed by atoms with van der Waals surface area (Å²) in [6.07, 6.45) is 5.28. The largest absolute Gasteiger partial charge is 0.389 e. The van der Waals surface area contributed by atoms with E-state index in [9.17, 15) is 14.3 Å². The molecule has 0 bridgehead atoms. The van der Waals surface area contributed by atoms with Crippen molar-refractivity contribution in [1.29, 1.82) is 0 Å². The molecule has 35 heavy (non-hydrogen) atoms. The highest BCUT2D eigenvalue weighted by Gasteiger charge is 2.33. The number of carbonyl (C=O) groups is 1. The van der Waals surface area contributed by atoms with Crippen LogP contribution in [0, 0.1) is 0 Å². The number of aliphatic hydroxyl groups is 1. The lowest BCUT2D eigenvalue weighted by Crippen LogP contribution is -2.48. The molecule has 1 saturated heterocycles. The lowest BCUT2D eigenvalue weighted by Gasteiger charge is -2.31. The van der Waals surface area contributed by atoms with E-state index >= 15 is 0 Å². The third-order valence-corrected chi connectivity index (χ3v) is 7.00. The summed E-state index contributed by atoms with van der Waals surface area (Å²) in [5.74, 6) is 0.997. The second-order valence-electron chi connectivity index (χ2n) is 9.07. The first-order valence-electron chi connectivity index (χ1n) is 11.8. The number of aromatic nitrogens is 5. The number of ether oxygens (including phenoxy) is 1. The molecule has 6 rings (SSSR count). The molecule has 1 saturated carbocycles. The molecule has 2 fully saturated rings. The van der Waals surface area contributed by atoms with Crippen molar-refractivity contribution in [2.75, 3.05) is 25.6 Å². The lowest BCUT2D eigenvalue weighted by molar-refractivity contribution is -0.0383. The smallest absolute Gasteiger partial charge is 0.257 e. The van der Waals surface area contributed by atoms with Gasteiger partial charge in [0.05, 0.1) is 36.7 Å². The fourth-order valence-electron chi connectivity index (χ4n) is 4.87. The van der Waals surface area contributed by atoms with Crippen molar-refractivity contribution >= 4 is 17.4 Å². The van der Waals surface area contributed by atoms with Crippen LogP contribution < -0.4 is 10.6 Å². The predicted molar refractivity (Wildman–Crippen MR) is 126 cm³/mol. The standard InChI is InChI=1S/C24H26FN7O3/c1-26-21-9-18(29-23-15(11-28-32(21)23)24(34)30-17-5-4-16(17)25)14-10-27-22-13(14)3-2-7-31(22)19-6-8-35-12-20(19)33/h2-3,7,9-11,16-17,19-20,26,33H,4-6,8,12H2,1H3,(H,30,34)/t16-,17?,19?,20-/m0/s1. The van der Waals surface area contributed by atoms with Crippen LogP contribution in [-0.2, 0) is 4.74 Å². The van der Waals surface area contributed by atoms with E-state index in [1.807, 2.05) is 29.0 Å². The summed E-state index contributed by atoms with van der Waals surface area (Å²) >= 11 is 0. The van der Waals surface area contributed by atoms with Crippen LogP contribution in [-0.4, -0.2) is 73.7 Å². The number of nitrogens with one attached hydrogen (secondary N) is 2. The maximum absolute atomic E-state index is 13.7. The molecule has 182 valence electrons. The summed E-state index contributed by atoms with van der Waals surface area (Å²) in [4.78, 5) is 22.3. The topological polar surface area (TPSA) is 119 Å². The number of hydrogen-bond donors (Lipinski definition) is 3. The molecule has 0 aromatic carbocycles. The van der Waals surface area contributed by atoms with Crippen LogP contribution in [0.2, 0.25) is 0 Å². The Morgan fingerprint density at radius 2 is 2.14 bits per heavy atom. The fraction of sp³-hybridized carbons (Fsp3) is 0.417. The Labute approximate surface area is 200 Å². The van der Waals surface area contributed by atoms with Crippen molar-refractivity contribution in [2.45, 2.75) is 43.6 Å². The number of pyridine rings is 1. The molecule has 0 spiro atoms. The van der Waals surface area contributed by atoms with Gasteiger partial charge in [-0.15, -0.1) is 0 Å². The molecule has 3 aliphatic heterocycles. The normalized spacial score (nSPS) is 24.4. The van der Waals surface area contributed by atoms with Crippen LogP contribution in [0.4, 0.5) is 10.2 Å². The van der Waals surface area contributed by atoms with Gasteiger partial charge in [-0.2, -0.15) is 9.61 Å². The molecule has 4 aliphatic rings. The van der Waals surface area contributed by atoms with E-state index in [1.54, 1.807) is 17.8 Å². The second kappa shape index (κ2) is 8.58. The monoisotopic (exact) mass is 479 g/mol. The molecule has 1 amide bonds. The van der Waals surface area contributed by atoms with Gasteiger partial charge in [0.15, 0.2) is 5.65 Å². The number of hydrogen-bond acceptors (Lipinski definition) is 7. The number of halogens is 1. The van der Waals surface area contributed by atoms with Crippen LogP contribution in [0.1, 0.15) is 35.7 Å². The van der Waals surface area contributed by atoms with Gasteiger partial charge in [0, 0.05) is 43.2 Å². The van der Waals surface area contributed by atoms with E-state index in [2.05, 4.69) is 20.7 Å². The molecular weight excluding hydrogens is 453 g/mol. The number of anilines is 1. The minimum Gasteiger partial charge on any atom is -0.389 e. The lowest BCUT2D eigenvalue weighted by atomic mass is 9.90. The summed E-state index contributed by atoms with van der Waals surface area (Å²) in [6, 6.07) is 5.14. The van der Waals surface area contributed by atoms with Crippen molar-refractivity contribution in [3.05, 3.63) is 42.4 Å². The van der Waals surface area contributed by atoms with Crippen molar-refractivity contribution in [3.8, 4) is 22.6 Å². The third kappa shape index (κ3) is 3.62. The van der Waals surface area contributed by atoms with E-state index in [4.69, 9.17) is 9.72 Å². The van der Waals surface area contributed by atoms with E-state index < -0.39 is 24.2 Å². The van der Waals surface area contributed by atoms with Crippen LogP contribution in [0.15, 0.2) is 36.8 Å².